The van der Waals surface area contributed by atoms with Crippen LogP contribution < -0.4 is 5.73 Å². The third-order valence-corrected chi connectivity index (χ3v) is 19.7. The van der Waals surface area contributed by atoms with Crippen LogP contribution in [0.15, 0.2) is 48.6 Å². The van der Waals surface area contributed by atoms with Crippen molar-refractivity contribution in [2.45, 2.75) is 444 Å². The second-order valence-corrected chi connectivity index (χ2v) is 29.4. The molecular formula is C83H158NO8P. The molecule has 0 saturated carbocycles. The molecule has 2 atom stereocenters. The molecule has 0 aliphatic heterocycles. The van der Waals surface area contributed by atoms with Gasteiger partial charge in [-0.25, -0.2) is 4.57 Å². The van der Waals surface area contributed by atoms with Gasteiger partial charge in [0.05, 0.1) is 13.2 Å². The monoisotopic (exact) mass is 1330 g/mol. The standard InChI is InChI=1S/C83H158NO8P/c1-3-5-7-9-11-13-15-17-19-21-23-25-27-29-31-33-35-37-38-39-40-41-42-44-45-47-49-51-53-55-57-59-61-63-65-67-69-71-73-75-82(85)89-79-81(80-91-93(87,88)90-78-77-84)92-83(86)76-74-72-70-68-66-64-62-60-58-56-54-52-50-48-46-43-36-34-32-30-28-26-24-22-20-18-16-14-12-10-8-6-4-2/h6,8,12,14,18,20,24,26,81H,3-5,7,9-11,13,15-17,19,21-23,25,27-80,84H2,1-2H3,(H,87,88)/b8-6-,14-12-,20-18-,26-24-. The quantitative estimate of drug-likeness (QED) is 0.0264. The van der Waals surface area contributed by atoms with E-state index in [1.807, 2.05) is 0 Å². The average molecular weight is 1330 g/mol. The second-order valence-electron chi connectivity index (χ2n) is 28.0. The van der Waals surface area contributed by atoms with E-state index in [0.717, 1.165) is 57.8 Å². The average Bonchev–Trinajstić information content (AvgIpc) is 3.32. The number of unbranched alkanes of at least 4 members (excludes halogenated alkanes) is 58. The molecule has 0 rings (SSSR count). The summed E-state index contributed by atoms with van der Waals surface area (Å²) in [6.45, 7) is 3.72. The Hall–Kier alpha value is -2.03. The van der Waals surface area contributed by atoms with Gasteiger partial charge < -0.3 is 20.1 Å². The molecule has 93 heavy (non-hydrogen) atoms. The Morgan fingerprint density at radius 3 is 0.882 bits per heavy atom. The maximum atomic E-state index is 12.8. The molecule has 0 aromatic carbocycles. The zero-order chi connectivity index (χ0) is 67.2. The van der Waals surface area contributed by atoms with Gasteiger partial charge in [-0.2, -0.15) is 0 Å². The summed E-state index contributed by atoms with van der Waals surface area (Å²) in [7, 11) is -4.39. The van der Waals surface area contributed by atoms with Crippen LogP contribution in [0.5, 0.6) is 0 Å². The topological polar surface area (TPSA) is 134 Å². The number of phosphoric ester groups is 1. The van der Waals surface area contributed by atoms with Crippen molar-refractivity contribution in [3.63, 3.8) is 0 Å². The molecule has 0 saturated heterocycles. The van der Waals surface area contributed by atoms with Crippen molar-refractivity contribution in [3.05, 3.63) is 48.6 Å². The van der Waals surface area contributed by atoms with Crippen molar-refractivity contribution in [3.8, 4) is 0 Å². The van der Waals surface area contributed by atoms with Crippen molar-refractivity contribution in [1.82, 2.24) is 0 Å². The summed E-state index contributed by atoms with van der Waals surface area (Å²) in [5, 5.41) is 0. The van der Waals surface area contributed by atoms with Crippen LogP contribution in [-0.2, 0) is 32.7 Å². The summed E-state index contributed by atoms with van der Waals surface area (Å²) >= 11 is 0. The van der Waals surface area contributed by atoms with Crippen molar-refractivity contribution >= 4 is 19.8 Å². The van der Waals surface area contributed by atoms with Gasteiger partial charge in [0, 0.05) is 19.4 Å². The summed E-state index contributed by atoms with van der Waals surface area (Å²) in [5.41, 5.74) is 5.42. The Kier molecular flexibility index (Phi) is 77.2. The second kappa shape index (κ2) is 79.0. The van der Waals surface area contributed by atoms with Gasteiger partial charge in [0.25, 0.3) is 0 Å². The first-order valence-corrected chi connectivity index (χ1v) is 42.6. The molecule has 3 N–H and O–H groups in total. The third-order valence-electron chi connectivity index (χ3n) is 18.7. The Balaban J connectivity index is 3.72. The molecule has 0 amide bonds. The number of ether oxygens (including phenoxy) is 2. The van der Waals surface area contributed by atoms with Crippen LogP contribution >= 0.6 is 7.82 Å². The normalized spacial score (nSPS) is 13.0. The summed E-state index contributed by atoms with van der Waals surface area (Å²) in [6.07, 6.45) is 103. The fraction of sp³-hybridized carbons (Fsp3) is 0.880. The zero-order valence-corrected chi connectivity index (χ0v) is 62.9. The van der Waals surface area contributed by atoms with Gasteiger partial charge in [-0.15, -0.1) is 0 Å². The number of carbonyl (C=O) groups is 2. The molecule has 0 fully saturated rings. The number of hydrogen-bond acceptors (Lipinski definition) is 8. The summed E-state index contributed by atoms with van der Waals surface area (Å²) in [4.78, 5) is 35.5. The van der Waals surface area contributed by atoms with Gasteiger partial charge in [0.1, 0.15) is 6.61 Å². The molecule has 2 unspecified atom stereocenters. The van der Waals surface area contributed by atoms with E-state index in [9.17, 15) is 19.0 Å². The molecule has 0 bridgehead atoms. The highest BCUT2D eigenvalue weighted by molar-refractivity contribution is 7.47. The first-order chi connectivity index (χ1) is 45.8. The molecule has 0 aromatic rings. The Bertz CT molecular complexity index is 1670. The van der Waals surface area contributed by atoms with Crippen LogP contribution in [0.3, 0.4) is 0 Å². The molecule has 0 heterocycles. The Morgan fingerprint density at radius 1 is 0.333 bits per heavy atom. The summed E-state index contributed by atoms with van der Waals surface area (Å²) in [5.74, 6) is -0.801. The van der Waals surface area contributed by atoms with Crippen molar-refractivity contribution in [1.29, 1.82) is 0 Å². The van der Waals surface area contributed by atoms with Crippen molar-refractivity contribution in [2.24, 2.45) is 5.73 Å². The minimum absolute atomic E-state index is 0.0560. The fourth-order valence-corrected chi connectivity index (χ4v) is 13.5. The smallest absolute Gasteiger partial charge is 0.462 e. The van der Waals surface area contributed by atoms with Crippen LogP contribution in [0.1, 0.15) is 438 Å². The lowest BCUT2D eigenvalue weighted by molar-refractivity contribution is -0.161. The largest absolute Gasteiger partial charge is 0.472 e. The lowest BCUT2D eigenvalue weighted by atomic mass is 10.0. The minimum atomic E-state index is -4.39. The molecule has 0 aliphatic carbocycles. The molecule has 0 spiro atoms. The highest BCUT2D eigenvalue weighted by atomic mass is 31.2. The summed E-state index contributed by atoms with van der Waals surface area (Å²) < 4.78 is 33.3. The number of hydrogen-bond donors (Lipinski definition) is 2. The predicted molar refractivity (Wildman–Crippen MR) is 404 cm³/mol. The minimum Gasteiger partial charge on any atom is -0.462 e. The first kappa shape index (κ1) is 91.0. The van der Waals surface area contributed by atoms with E-state index >= 15 is 0 Å². The van der Waals surface area contributed by atoms with E-state index in [-0.39, 0.29) is 38.6 Å². The van der Waals surface area contributed by atoms with E-state index in [2.05, 4.69) is 62.5 Å². The van der Waals surface area contributed by atoms with E-state index in [1.165, 1.54) is 347 Å². The molecule has 9 nitrogen and oxygen atoms in total. The number of carbonyl (C=O) groups excluding carboxylic acids is 2. The predicted octanol–water partition coefficient (Wildman–Crippen LogP) is 27.5. The van der Waals surface area contributed by atoms with E-state index < -0.39 is 26.5 Å². The van der Waals surface area contributed by atoms with Gasteiger partial charge in [0.2, 0.25) is 0 Å². The van der Waals surface area contributed by atoms with Crippen LogP contribution in [0.25, 0.3) is 0 Å². The molecule has 0 aromatic heterocycles. The van der Waals surface area contributed by atoms with Crippen LogP contribution in [0.2, 0.25) is 0 Å². The van der Waals surface area contributed by atoms with Gasteiger partial charge in [-0.3, -0.25) is 18.6 Å². The first-order valence-electron chi connectivity index (χ1n) is 41.1. The maximum absolute atomic E-state index is 12.8. The number of esters is 2. The lowest BCUT2D eigenvalue weighted by Gasteiger charge is -2.19. The zero-order valence-electron chi connectivity index (χ0n) is 62.0. The number of allylic oxidation sites excluding steroid dienone is 8. The Morgan fingerprint density at radius 2 is 0.591 bits per heavy atom. The van der Waals surface area contributed by atoms with Gasteiger partial charge >= 0.3 is 19.8 Å². The van der Waals surface area contributed by atoms with E-state index in [0.29, 0.717) is 6.42 Å². The molecule has 10 heteroatoms. The molecular weight excluding hydrogens is 1170 g/mol. The van der Waals surface area contributed by atoms with Crippen molar-refractivity contribution < 1.29 is 37.6 Å². The van der Waals surface area contributed by atoms with E-state index in [4.69, 9.17) is 24.3 Å². The number of rotatable bonds is 79. The Labute approximate surface area is 578 Å². The third kappa shape index (κ3) is 78.8. The summed E-state index contributed by atoms with van der Waals surface area (Å²) in [6, 6.07) is 0. The van der Waals surface area contributed by atoms with E-state index in [1.54, 1.807) is 0 Å². The van der Waals surface area contributed by atoms with Gasteiger partial charge in [-0.05, 0) is 51.4 Å². The van der Waals surface area contributed by atoms with Gasteiger partial charge in [-0.1, -0.05) is 422 Å². The molecule has 0 aliphatic rings. The SMILES string of the molecule is CC/C=C\C/C=C\C/C=C\C/C=C\CCCCCCCCCCCCCCCCCCCCCCC(=O)OC(COC(=O)CCCCCCCCCCCCCCCCCCCCCCCCCCCCCCCCCCCCCCCCC)COP(=O)(O)OCCN. The van der Waals surface area contributed by atoms with Gasteiger partial charge in [0.15, 0.2) is 6.10 Å². The highest BCUT2D eigenvalue weighted by Gasteiger charge is 2.26. The number of phosphoric acid groups is 1. The number of nitrogens with two attached hydrogens (primary N) is 1. The molecule has 548 valence electrons. The van der Waals surface area contributed by atoms with Crippen LogP contribution in [0, 0.1) is 0 Å². The molecule has 0 radical (unpaired) electrons. The van der Waals surface area contributed by atoms with Crippen molar-refractivity contribution in [2.75, 3.05) is 26.4 Å². The fourth-order valence-electron chi connectivity index (χ4n) is 12.7. The van der Waals surface area contributed by atoms with Crippen LogP contribution in [0.4, 0.5) is 0 Å². The maximum Gasteiger partial charge on any atom is 0.472 e. The van der Waals surface area contributed by atoms with Crippen LogP contribution in [-0.4, -0.2) is 49.3 Å². The highest BCUT2D eigenvalue weighted by Crippen LogP contribution is 2.43. The lowest BCUT2D eigenvalue weighted by Crippen LogP contribution is -2.29.